The van der Waals surface area contributed by atoms with Crippen molar-refractivity contribution in [1.82, 2.24) is 29.5 Å². The van der Waals surface area contributed by atoms with Crippen LogP contribution in [0.1, 0.15) is 55.7 Å². The SMILES string of the molecule is Cc1cc(C)n(-c2cc(NC(=O)CCN3CCC(N4CCCCC4)CC3)nc(-c3ccc(C)o3)n2)n1. The summed E-state index contributed by atoms with van der Waals surface area (Å²) in [4.78, 5) is 27.2. The van der Waals surface area contributed by atoms with Gasteiger partial charge in [0.25, 0.3) is 0 Å². The number of aromatic nitrogens is 4. The highest BCUT2D eigenvalue weighted by Crippen LogP contribution is 2.24. The minimum atomic E-state index is -0.0484. The van der Waals surface area contributed by atoms with Gasteiger partial charge in [-0.1, -0.05) is 6.42 Å². The molecule has 0 bridgehead atoms. The number of hydrogen-bond donors (Lipinski definition) is 1. The number of nitrogens with zero attached hydrogens (tertiary/aromatic N) is 6. The van der Waals surface area contributed by atoms with E-state index >= 15 is 0 Å². The van der Waals surface area contributed by atoms with E-state index in [1.54, 1.807) is 10.7 Å². The number of furan rings is 1. The third-order valence-electron chi connectivity index (χ3n) is 7.29. The molecule has 36 heavy (non-hydrogen) atoms. The first-order valence-electron chi connectivity index (χ1n) is 13.2. The predicted octanol–water partition coefficient (Wildman–Crippen LogP) is 4.13. The molecule has 0 saturated carbocycles. The summed E-state index contributed by atoms with van der Waals surface area (Å²) < 4.78 is 7.52. The Hall–Kier alpha value is -3.04. The van der Waals surface area contributed by atoms with E-state index in [1.807, 2.05) is 39.0 Å². The van der Waals surface area contributed by atoms with E-state index in [9.17, 15) is 4.79 Å². The number of hydrogen-bond acceptors (Lipinski definition) is 7. The number of aryl methyl sites for hydroxylation is 3. The van der Waals surface area contributed by atoms with Crippen LogP contribution < -0.4 is 5.32 Å². The van der Waals surface area contributed by atoms with E-state index in [1.165, 1.54) is 45.2 Å². The van der Waals surface area contributed by atoms with E-state index in [0.717, 1.165) is 36.8 Å². The fraction of sp³-hybridized carbons (Fsp3) is 0.556. The molecule has 0 aromatic carbocycles. The second-order valence-electron chi connectivity index (χ2n) is 10.2. The van der Waals surface area contributed by atoms with Crippen molar-refractivity contribution < 1.29 is 9.21 Å². The molecule has 192 valence electrons. The Morgan fingerprint density at radius 2 is 1.81 bits per heavy atom. The Bertz CT molecular complexity index is 1190. The molecule has 2 aliphatic rings. The van der Waals surface area contributed by atoms with Crippen LogP contribution in [-0.2, 0) is 4.79 Å². The number of carbonyl (C=O) groups is 1. The molecule has 3 aromatic heterocycles. The Balaban J connectivity index is 1.22. The van der Waals surface area contributed by atoms with Gasteiger partial charge in [0.2, 0.25) is 5.91 Å². The summed E-state index contributed by atoms with van der Waals surface area (Å²) >= 11 is 0. The van der Waals surface area contributed by atoms with Crippen molar-refractivity contribution in [2.24, 2.45) is 0 Å². The van der Waals surface area contributed by atoms with Gasteiger partial charge in [0, 0.05) is 30.8 Å². The quantitative estimate of drug-likeness (QED) is 0.531. The lowest BCUT2D eigenvalue weighted by molar-refractivity contribution is -0.116. The maximum Gasteiger partial charge on any atom is 0.226 e. The van der Waals surface area contributed by atoms with Gasteiger partial charge in [-0.15, -0.1) is 0 Å². The van der Waals surface area contributed by atoms with E-state index < -0.39 is 0 Å². The molecule has 0 unspecified atom stereocenters. The van der Waals surface area contributed by atoms with Crippen LogP contribution in [0.5, 0.6) is 0 Å². The summed E-state index contributed by atoms with van der Waals surface area (Å²) in [6.45, 7) is 11.2. The number of rotatable bonds is 7. The molecule has 9 nitrogen and oxygen atoms in total. The van der Waals surface area contributed by atoms with E-state index in [0.29, 0.717) is 35.7 Å². The molecule has 3 aromatic rings. The van der Waals surface area contributed by atoms with Crippen LogP contribution in [-0.4, -0.2) is 74.2 Å². The van der Waals surface area contributed by atoms with Crippen LogP contribution in [0.2, 0.25) is 0 Å². The second-order valence-corrected chi connectivity index (χ2v) is 10.2. The average Bonchev–Trinajstić information content (AvgIpc) is 3.47. The molecule has 0 atom stereocenters. The van der Waals surface area contributed by atoms with Crippen LogP contribution in [0, 0.1) is 20.8 Å². The second kappa shape index (κ2) is 10.9. The smallest absolute Gasteiger partial charge is 0.226 e. The largest absolute Gasteiger partial charge is 0.458 e. The summed E-state index contributed by atoms with van der Waals surface area (Å²) in [6.07, 6.45) is 6.89. The van der Waals surface area contributed by atoms with Crippen molar-refractivity contribution in [3.8, 4) is 17.4 Å². The molecule has 0 spiro atoms. The molecule has 9 heteroatoms. The fourth-order valence-corrected chi connectivity index (χ4v) is 5.39. The van der Waals surface area contributed by atoms with Gasteiger partial charge in [0.1, 0.15) is 11.6 Å². The molecule has 2 fully saturated rings. The highest BCUT2D eigenvalue weighted by molar-refractivity contribution is 5.90. The van der Waals surface area contributed by atoms with Crippen LogP contribution in [0.4, 0.5) is 5.82 Å². The molecule has 5 heterocycles. The molecule has 0 radical (unpaired) electrons. The third kappa shape index (κ3) is 5.84. The van der Waals surface area contributed by atoms with Crippen LogP contribution in [0.25, 0.3) is 17.4 Å². The molecular weight excluding hydrogens is 454 g/mol. The van der Waals surface area contributed by atoms with Gasteiger partial charge in [-0.25, -0.2) is 14.6 Å². The van der Waals surface area contributed by atoms with Crippen molar-refractivity contribution in [3.63, 3.8) is 0 Å². The van der Waals surface area contributed by atoms with Crippen molar-refractivity contribution in [1.29, 1.82) is 0 Å². The van der Waals surface area contributed by atoms with Crippen molar-refractivity contribution in [2.45, 2.75) is 65.3 Å². The maximum atomic E-state index is 12.9. The highest BCUT2D eigenvalue weighted by Gasteiger charge is 2.25. The van der Waals surface area contributed by atoms with Crippen molar-refractivity contribution in [3.05, 3.63) is 41.4 Å². The Morgan fingerprint density at radius 3 is 2.47 bits per heavy atom. The van der Waals surface area contributed by atoms with E-state index in [2.05, 4.69) is 30.2 Å². The van der Waals surface area contributed by atoms with Gasteiger partial charge in [-0.2, -0.15) is 5.10 Å². The highest BCUT2D eigenvalue weighted by atomic mass is 16.3. The van der Waals surface area contributed by atoms with Gasteiger partial charge in [-0.05, 0) is 90.8 Å². The summed E-state index contributed by atoms with van der Waals surface area (Å²) in [5.41, 5.74) is 1.86. The van der Waals surface area contributed by atoms with Gasteiger partial charge in [0.05, 0.1) is 5.69 Å². The number of carbonyl (C=O) groups excluding carboxylic acids is 1. The summed E-state index contributed by atoms with van der Waals surface area (Å²) in [5, 5.41) is 7.54. The zero-order chi connectivity index (χ0) is 25.1. The number of amides is 1. The molecule has 1 amide bonds. The minimum Gasteiger partial charge on any atom is -0.458 e. The topological polar surface area (TPSA) is 92.3 Å². The van der Waals surface area contributed by atoms with E-state index in [4.69, 9.17) is 4.42 Å². The Labute approximate surface area is 212 Å². The summed E-state index contributed by atoms with van der Waals surface area (Å²) in [7, 11) is 0. The van der Waals surface area contributed by atoms with Crippen molar-refractivity contribution in [2.75, 3.05) is 38.0 Å². The van der Waals surface area contributed by atoms with Gasteiger partial charge in [-0.3, -0.25) is 4.79 Å². The lowest BCUT2D eigenvalue weighted by Crippen LogP contribution is -2.47. The average molecular weight is 492 g/mol. The molecule has 2 aliphatic heterocycles. The molecule has 0 aliphatic carbocycles. The Morgan fingerprint density at radius 1 is 1.03 bits per heavy atom. The minimum absolute atomic E-state index is 0.0484. The zero-order valence-corrected chi connectivity index (χ0v) is 21.7. The maximum absolute atomic E-state index is 12.9. The number of likely N-dealkylation sites (tertiary alicyclic amines) is 2. The van der Waals surface area contributed by atoms with E-state index in [-0.39, 0.29) is 5.91 Å². The molecule has 1 N–H and O–H groups in total. The van der Waals surface area contributed by atoms with Gasteiger partial charge < -0.3 is 19.5 Å². The van der Waals surface area contributed by atoms with Crippen LogP contribution in [0.3, 0.4) is 0 Å². The lowest BCUT2D eigenvalue weighted by Gasteiger charge is -2.40. The van der Waals surface area contributed by atoms with Crippen LogP contribution in [0.15, 0.2) is 28.7 Å². The molecular formula is C27H37N7O2. The first-order chi connectivity index (χ1) is 17.4. The summed E-state index contributed by atoms with van der Waals surface area (Å²) in [5.74, 6) is 2.75. The first kappa shape index (κ1) is 24.6. The fourth-order valence-electron chi connectivity index (χ4n) is 5.39. The molecule has 5 rings (SSSR count). The molecule has 2 saturated heterocycles. The number of nitrogens with one attached hydrogen (secondary N) is 1. The van der Waals surface area contributed by atoms with Crippen LogP contribution >= 0.6 is 0 Å². The van der Waals surface area contributed by atoms with Crippen molar-refractivity contribution >= 4 is 11.7 Å². The summed E-state index contributed by atoms with van der Waals surface area (Å²) in [6, 6.07) is 8.19. The third-order valence-corrected chi connectivity index (χ3v) is 7.29. The van der Waals surface area contributed by atoms with Gasteiger partial charge >= 0.3 is 0 Å². The normalized spacial score (nSPS) is 18.0. The number of anilines is 1. The number of piperidine rings is 2. The lowest BCUT2D eigenvalue weighted by atomic mass is 10.00. The first-order valence-corrected chi connectivity index (χ1v) is 13.2. The Kier molecular flexibility index (Phi) is 7.48. The predicted molar refractivity (Wildman–Crippen MR) is 139 cm³/mol. The standard InChI is InChI=1S/C27H37N7O2/c1-19-17-20(2)34(31-19)25-18-24(29-27(30-25)23-8-7-21(3)36-23)28-26(35)11-16-32-14-9-22(10-15-32)33-12-5-4-6-13-33/h7-8,17-18,22H,4-6,9-16H2,1-3H3,(H,28,29,30,35). The zero-order valence-electron chi connectivity index (χ0n) is 21.7. The monoisotopic (exact) mass is 491 g/mol. The van der Waals surface area contributed by atoms with Gasteiger partial charge in [0.15, 0.2) is 17.4 Å².